The molecule has 3 heteroatoms. The minimum absolute atomic E-state index is 0.528. The quantitative estimate of drug-likeness (QED) is 0.711. The van der Waals surface area contributed by atoms with Crippen molar-refractivity contribution in [3.8, 4) is 11.5 Å². The summed E-state index contributed by atoms with van der Waals surface area (Å²) < 4.78 is 15.4. The molecule has 0 N–H and O–H groups in total. The Bertz CT molecular complexity index is 271. The zero-order chi connectivity index (χ0) is 9.68. The zero-order valence-corrected chi connectivity index (χ0v) is 8.16. The minimum Gasteiger partial charge on any atom is -0.493 e. The maximum absolute atomic E-state index is 5.21. The van der Waals surface area contributed by atoms with Gasteiger partial charge in [0.05, 0.1) is 20.8 Å². The molecule has 0 amide bonds. The summed E-state index contributed by atoms with van der Waals surface area (Å²) in [6.45, 7) is 0.528. The first kappa shape index (κ1) is 9.86. The Morgan fingerprint density at radius 1 is 1.08 bits per heavy atom. The second-order valence-electron chi connectivity index (χ2n) is 2.59. The Morgan fingerprint density at radius 3 is 2.38 bits per heavy atom. The second kappa shape index (κ2) is 4.72. The highest BCUT2D eigenvalue weighted by Crippen LogP contribution is 2.30. The summed E-state index contributed by atoms with van der Waals surface area (Å²) in [7, 11) is 4.89. The summed E-state index contributed by atoms with van der Waals surface area (Å²) in [5, 5.41) is 0. The number of ether oxygens (including phenoxy) is 3. The predicted molar refractivity (Wildman–Crippen MR) is 50.3 cm³/mol. The van der Waals surface area contributed by atoms with Gasteiger partial charge in [-0.25, -0.2) is 0 Å². The molecule has 72 valence electrons. The topological polar surface area (TPSA) is 27.7 Å². The highest BCUT2D eigenvalue weighted by atomic mass is 16.5. The lowest BCUT2D eigenvalue weighted by Crippen LogP contribution is -1.96. The summed E-state index contributed by atoms with van der Waals surface area (Å²) in [6, 6.07) is 5.72. The van der Waals surface area contributed by atoms with E-state index in [1.807, 2.05) is 18.2 Å². The van der Waals surface area contributed by atoms with Gasteiger partial charge in [0, 0.05) is 12.7 Å². The molecule has 13 heavy (non-hydrogen) atoms. The Kier molecular flexibility index (Phi) is 3.58. The summed E-state index contributed by atoms with van der Waals surface area (Å²) in [6.07, 6.45) is 0. The minimum atomic E-state index is 0.528. The van der Waals surface area contributed by atoms with Gasteiger partial charge < -0.3 is 14.2 Å². The van der Waals surface area contributed by atoms with Crippen molar-refractivity contribution >= 4 is 0 Å². The van der Waals surface area contributed by atoms with Crippen molar-refractivity contribution in [1.82, 2.24) is 0 Å². The Morgan fingerprint density at radius 2 is 1.85 bits per heavy atom. The first-order chi connectivity index (χ1) is 6.33. The lowest BCUT2D eigenvalue weighted by atomic mass is 10.2. The van der Waals surface area contributed by atoms with E-state index in [9.17, 15) is 0 Å². The molecule has 1 aromatic carbocycles. The van der Waals surface area contributed by atoms with Gasteiger partial charge in [-0.3, -0.25) is 0 Å². The summed E-state index contributed by atoms with van der Waals surface area (Å²) in [5.41, 5.74) is 0.990. The third-order valence-electron chi connectivity index (χ3n) is 1.78. The number of hydrogen-bond acceptors (Lipinski definition) is 3. The SMILES string of the molecule is COCc1cccc(OC)c1OC. The lowest BCUT2D eigenvalue weighted by Gasteiger charge is -2.11. The number of rotatable bonds is 4. The van der Waals surface area contributed by atoms with Gasteiger partial charge in [-0.2, -0.15) is 0 Å². The van der Waals surface area contributed by atoms with Crippen LogP contribution in [0.1, 0.15) is 5.56 Å². The van der Waals surface area contributed by atoms with E-state index in [1.165, 1.54) is 0 Å². The number of hydrogen-bond donors (Lipinski definition) is 0. The van der Waals surface area contributed by atoms with E-state index in [-0.39, 0.29) is 0 Å². The van der Waals surface area contributed by atoms with Crippen molar-refractivity contribution in [1.29, 1.82) is 0 Å². The second-order valence-corrected chi connectivity index (χ2v) is 2.59. The molecule has 0 saturated carbocycles. The van der Waals surface area contributed by atoms with Gasteiger partial charge in [0.1, 0.15) is 0 Å². The van der Waals surface area contributed by atoms with Gasteiger partial charge >= 0.3 is 0 Å². The molecule has 1 rings (SSSR count). The van der Waals surface area contributed by atoms with Crippen LogP contribution >= 0.6 is 0 Å². The molecule has 1 aromatic rings. The molecule has 0 aliphatic heterocycles. The molecule has 3 nitrogen and oxygen atoms in total. The van der Waals surface area contributed by atoms with Crippen LogP contribution in [0.4, 0.5) is 0 Å². The van der Waals surface area contributed by atoms with Crippen LogP contribution < -0.4 is 9.47 Å². The number of para-hydroxylation sites is 1. The van der Waals surface area contributed by atoms with Gasteiger partial charge in [-0.15, -0.1) is 0 Å². The van der Waals surface area contributed by atoms with Gasteiger partial charge in [-0.1, -0.05) is 12.1 Å². The van der Waals surface area contributed by atoms with Crippen molar-refractivity contribution in [2.24, 2.45) is 0 Å². The van der Waals surface area contributed by atoms with Crippen LogP contribution in [0.5, 0.6) is 11.5 Å². The third kappa shape index (κ3) is 2.12. The molecule has 0 aliphatic carbocycles. The van der Waals surface area contributed by atoms with Crippen LogP contribution in [-0.4, -0.2) is 21.3 Å². The number of benzene rings is 1. The largest absolute Gasteiger partial charge is 0.493 e. The summed E-state index contributed by atoms with van der Waals surface area (Å²) in [5.74, 6) is 1.48. The monoisotopic (exact) mass is 182 g/mol. The fourth-order valence-electron chi connectivity index (χ4n) is 1.22. The molecule has 0 unspecified atom stereocenters. The fraction of sp³-hybridized carbons (Fsp3) is 0.400. The van der Waals surface area contributed by atoms with E-state index in [2.05, 4.69) is 0 Å². The molecule has 0 spiro atoms. The predicted octanol–water partition coefficient (Wildman–Crippen LogP) is 1.85. The molecular formula is C10H14O3. The van der Waals surface area contributed by atoms with Crippen molar-refractivity contribution in [2.45, 2.75) is 6.61 Å². The zero-order valence-electron chi connectivity index (χ0n) is 8.16. The fourth-order valence-corrected chi connectivity index (χ4v) is 1.22. The average molecular weight is 182 g/mol. The van der Waals surface area contributed by atoms with E-state index in [0.717, 1.165) is 17.1 Å². The van der Waals surface area contributed by atoms with E-state index >= 15 is 0 Å². The van der Waals surface area contributed by atoms with Crippen molar-refractivity contribution in [2.75, 3.05) is 21.3 Å². The summed E-state index contributed by atoms with van der Waals surface area (Å²) in [4.78, 5) is 0. The number of methoxy groups -OCH3 is 3. The van der Waals surface area contributed by atoms with Crippen LogP contribution in [0.3, 0.4) is 0 Å². The highest BCUT2D eigenvalue weighted by molar-refractivity contribution is 5.46. The van der Waals surface area contributed by atoms with Crippen LogP contribution in [0.15, 0.2) is 18.2 Å². The Labute approximate surface area is 78.2 Å². The first-order valence-electron chi connectivity index (χ1n) is 4.02. The van der Waals surface area contributed by atoms with Gasteiger partial charge in [0.2, 0.25) is 0 Å². The normalized spacial score (nSPS) is 9.77. The van der Waals surface area contributed by atoms with E-state index in [1.54, 1.807) is 21.3 Å². The van der Waals surface area contributed by atoms with Crippen LogP contribution in [-0.2, 0) is 11.3 Å². The maximum atomic E-state index is 5.21. The van der Waals surface area contributed by atoms with Gasteiger partial charge in [0.25, 0.3) is 0 Å². The van der Waals surface area contributed by atoms with E-state index < -0.39 is 0 Å². The molecule has 0 aliphatic rings. The van der Waals surface area contributed by atoms with Gasteiger partial charge in [0.15, 0.2) is 11.5 Å². The van der Waals surface area contributed by atoms with E-state index in [4.69, 9.17) is 14.2 Å². The molecular weight excluding hydrogens is 168 g/mol. The van der Waals surface area contributed by atoms with E-state index in [0.29, 0.717) is 6.61 Å². The van der Waals surface area contributed by atoms with Crippen LogP contribution in [0.2, 0.25) is 0 Å². The Hall–Kier alpha value is -1.22. The van der Waals surface area contributed by atoms with Crippen molar-refractivity contribution in [3.05, 3.63) is 23.8 Å². The first-order valence-corrected chi connectivity index (χ1v) is 4.02. The lowest BCUT2D eigenvalue weighted by molar-refractivity contribution is 0.181. The molecule has 0 aromatic heterocycles. The smallest absolute Gasteiger partial charge is 0.166 e. The molecule has 0 saturated heterocycles. The summed E-state index contributed by atoms with van der Waals surface area (Å²) >= 11 is 0. The maximum Gasteiger partial charge on any atom is 0.166 e. The van der Waals surface area contributed by atoms with Crippen molar-refractivity contribution in [3.63, 3.8) is 0 Å². The average Bonchev–Trinajstić information content (AvgIpc) is 2.18. The van der Waals surface area contributed by atoms with Crippen LogP contribution in [0, 0.1) is 0 Å². The highest BCUT2D eigenvalue weighted by Gasteiger charge is 2.07. The molecule has 0 radical (unpaired) electrons. The van der Waals surface area contributed by atoms with Crippen LogP contribution in [0.25, 0.3) is 0 Å². The standard InChI is InChI=1S/C10H14O3/c1-11-7-8-5-4-6-9(12-2)10(8)13-3/h4-6H,7H2,1-3H3. The molecule has 0 heterocycles. The third-order valence-corrected chi connectivity index (χ3v) is 1.78. The molecule has 0 bridgehead atoms. The Balaban J connectivity index is 3.03. The van der Waals surface area contributed by atoms with Crippen molar-refractivity contribution < 1.29 is 14.2 Å². The van der Waals surface area contributed by atoms with Gasteiger partial charge in [-0.05, 0) is 6.07 Å². The molecule has 0 fully saturated rings. The molecule has 0 atom stereocenters.